The summed E-state index contributed by atoms with van der Waals surface area (Å²) in [6, 6.07) is 0.738. The molecule has 1 atom stereocenters. The Morgan fingerprint density at radius 3 is 2.76 bits per heavy atom. The van der Waals surface area contributed by atoms with Gasteiger partial charge in [-0.05, 0) is 30.9 Å². The Morgan fingerprint density at radius 2 is 2.12 bits per heavy atom. The molecule has 0 amide bonds. The van der Waals surface area contributed by atoms with Gasteiger partial charge in [0.05, 0.1) is 12.5 Å². The summed E-state index contributed by atoms with van der Waals surface area (Å²) < 4.78 is 31.8. The molecule has 0 radical (unpaired) electrons. The predicted octanol–water partition coefficient (Wildman–Crippen LogP) is 1.95. The van der Waals surface area contributed by atoms with E-state index in [-0.39, 0.29) is 30.6 Å². The molecule has 1 unspecified atom stereocenters. The second-order valence-corrected chi connectivity index (χ2v) is 4.01. The number of carbonyl (C=O) groups is 1. The number of rotatable bonds is 2. The Hall–Kier alpha value is -1.65. The second kappa shape index (κ2) is 4.31. The van der Waals surface area contributed by atoms with E-state index in [0.717, 1.165) is 6.07 Å². The molecule has 2 rings (SSSR count). The van der Waals surface area contributed by atoms with Gasteiger partial charge in [-0.2, -0.15) is 0 Å². The second-order valence-electron chi connectivity index (χ2n) is 4.01. The zero-order chi connectivity index (χ0) is 12.6. The Bertz CT molecular complexity index is 471. The molecule has 1 aromatic rings. The maximum atomic E-state index is 13.5. The van der Waals surface area contributed by atoms with Gasteiger partial charge in [-0.3, -0.25) is 4.79 Å². The van der Waals surface area contributed by atoms with Crippen LogP contribution in [0.1, 0.15) is 18.1 Å². The molecule has 1 N–H and O–H groups in total. The van der Waals surface area contributed by atoms with Crippen molar-refractivity contribution in [1.29, 1.82) is 0 Å². The normalized spacial score (nSPS) is 17.9. The minimum atomic E-state index is -0.840. The van der Waals surface area contributed by atoms with Crippen LogP contribution in [0.2, 0.25) is 0 Å². The maximum absolute atomic E-state index is 13.5. The number of benzene rings is 1. The van der Waals surface area contributed by atoms with Gasteiger partial charge in [-0.25, -0.2) is 8.78 Å². The number of halogens is 2. The molecule has 5 heteroatoms. The molecular formula is C12H12F2O3. The molecule has 0 saturated carbocycles. The van der Waals surface area contributed by atoms with E-state index in [1.807, 2.05) is 0 Å². The number of hydrogen-bond acceptors (Lipinski definition) is 3. The van der Waals surface area contributed by atoms with Crippen LogP contribution in [-0.2, 0) is 22.4 Å². The third kappa shape index (κ3) is 1.97. The van der Waals surface area contributed by atoms with E-state index in [0.29, 0.717) is 0 Å². The summed E-state index contributed by atoms with van der Waals surface area (Å²) in [7, 11) is 0. The lowest BCUT2D eigenvalue weighted by Crippen LogP contribution is -2.17. The SMILES string of the molecule is CCOC(=O)C1Cc2c(F)cc(O)c(F)c2C1. The van der Waals surface area contributed by atoms with E-state index >= 15 is 0 Å². The van der Waals surface area contributed by atoms with Gasteiger partial charge in [0.15, 0.2) is 11.6 Å². The monoisotopic (exact) mass is 242 g/mol. The number of hydrogen-bond donors (Lipinski definition) is 1. The minimum Gasteiger partial charge on any atom is -0.505 e. The topological polar surface area (TPSA) is 46.5 Å². The highest BCUT2D eigenvalue weighted by Gasteiger charge is 2.33. The van der Waals surface area contributed by atoms with Crippen LogP contribution in [0.5, 0.6) is 5.75 Å². The Morgan fingerprint density at radius 1 is 1.47 bits per heavy atom. The molecule has 0 spiro atoms. The zero-order valence-electron chi connectivity index (χ0n) is 9.30. The van der Waals surface area contributed by atoms with Crippen LogP contribution in [-0.4, -0.2) is 17.7 Å². The van der Waals surface area contributed by atoms with E-state index in [1.165, 1.54) is 0 Å². The average molecular weight is 242 g/mol. The zero-order valence-corrected chi connectivity index (χ0v) is 9.30. The molecule has 0 aliphatic heterocycles. The third-order valence-electron chi connectivity index (χ3n) is 2.93. The fraction of sp³-hybridized carbons (Fsp3) is 0.417. The van der Waals surface area contributed by atoms with Crippen LogP contribution in [0.3, 0.4) is 0 Å². The van der Waals surface area contributed by atoms with Crippen LogP contribution < -0.4 is 0 Å². The largest absolute Gasteiger partial charge is 0.505 e. The molecule has 0 saturated heterocycles. The lowest BCUT2D eigenvalue weighted by atomic mass is 10.1. The summed E-state index contributed by atoms with van der Waals surface area (Å²) >= 11 is 0. The molecule has 1 aromatic carbocycles. The first kappa shape index (κ1) is 11.8. The van der Waals surface area contributed by atoms with Gasteiger partial charge in [-0.15, -0.1) is 0 Å². The van der Waals surface area contributed by atoms with E-state index < -0.39 is 29.3 Å². The molecule has 92 valence electrons. The van der Waals surface area contributed by atoms with Crippen molar-refractivity contribution < 1.29 is 23.4 Å². The lowest BCUT2D eigenvalue weighted by molar-refractivity contribution is -0.147. The van der Waals surface area contributed by atoms with Gasteiger partial charge in [0.25, 0.3) is 0 Å². The first-order chi connectivity index (χ1) is 8.04. The van der Waals surface area contributed by atoms with Gasteiger partial charge >= 0.3 is 5.97 Å². The number of phenolic OH excluding ortho intramolecular Hbond substituents is 1. The van der Waals surface area contributed by atoms with Crippen molar-refractivity contribution in [3.05, 3.63) is 28.8 Å². The molecule has 0 fully saturated rings. The van der Waals surface area contributed by atoms with E-state index in [1.54, 1.807) is 6.92 Å². The molecule has 0 aromatic heterocycles. The number of carbonyl (C=O) groups excluding carboxylic acids is 1. The first-order valence-electron chi connectivity index (χ1n) is 5.40. The average Bonchev–Trinajstić information content (AvgIpc) is 2.72. The van der Waals surface area contributed by atoms with E-state index in [2.05, 4.69) is 0 Å². The number of ether oxygens (including phenoxy) is 1. The number of esters is 1. The van der Waals surface area contributed by atoms with Crippen molar-refractivity contribution in [1.82, 2.24) is 0 Å². The Labute approximate surface area is 97.0 Å². The van der Waals surface area contributed by atoms with Crippen molar-refractivity contribution in [2.75, 3.05) is 6.61 Å². The first-order valence-corrected chi connectivity index (χ1v) is 5.40. The summed E-state index contributed by atoms with van der Waals surface area (Å²) in [5.74, 6) is -3.25. The van der Waals surface area contributed by atoms with Crippen molar-refractivity contribution in [2.45, 2.75) is 19.8 Å². The minimum absolute atomic E-state index is 0.0747. The van der Waals surface area contributed by atoms with Gasteiger partial charge < -0.3 is 9.84 Å². The predicted molar refractivity (Wildman–Crippen MR) is 55.6 cm³/mol. The van der Waals surface area contributed by atoms with E-state index in [9.17, 15) is 13.6 Å². The van der Waals surface area contributed by atoms with Crippen LogP contribution in [0.15, 0.2) is 6.07 Å². The Kier molecular flexibility index (Phi) is 3.00. The fourth-order valence-electron chi connectivity index (χ4n) is 2.13. The molecular weight excluding hydrogens is 230 g/mol. The molecule has 17 heavy (non-hydrogen) atoms. The highest BCUT2D eigenvalue weighted by atomic mass is 19.1. The summed E-state index contributed by atoms with van der Waals surface area (Å²) in [6.45, 7) is 1.91. The fourth-order valence-corrected chi connectivity index (χ4v) is 2.13. The molecule has 1 aliphatic carbocycles. The van der Waals surface area contributed by atoms with Crippen LogP contribution in [0.4, 0.5) is 8.78 Å². The third-order valence-corrected chi connectivity index (χ3v) is 2.93. The molecule has 0 heterocycles. The van der Waals surface area contributed by atoms with Crippen molar-refractivity contribution in [3.63, 3.8) is 0 Å². The highest BCUT2D eigenvalue weighted by Crippen LogP contribution is 2.35. The highest BCUT2D eigenvalue weighted by molar-refractivity contribution is 5.74. The summed E-state index contributed by atoms with van der Waals surface area (Å²) in [5.41, 5.74) is 0.249. The van der Waals surface area contributed by atoms with Crippen LogP contribution in [0, 0.1) is 17.6 Å². The summed E-state index contributed by atoms with van der Waals surface area (Å²) in [6.07, 6.45) is 0.197. The molecule has 1 aliphatic rings. The number of phenols is 1. The number of aromatic hydroxyl groups is 1. The summed E-state index contributed by atoms with van der Waals surface area (Å²) in [5, 5.41) is 9.16. The van der Waals surface area contributed by atoms with Gasteiger partial charge in [0.1, 0.15) is 5.82 Å². The van der Waals surface area contributed by atoms with Crippen molar-refractivity contribution in [2.24, 2.45) is 5.92 Å². The maximum Gasteiger partial charge on any atom is 0.309 e. The van der Waals surface area contributed by atoms with Crippen LogP contribution >= 0.6 is 0 Å². The van der Waals surface area contributed by atoms with Crippen molar-refractivity contribution in [3.8, 4) is 5.75 Å². The lowest BCUT2D eigenvalue weighted by Gasteiger charge is -2.06. The van der Waals surface area contributed by atoms with Crippen LogP contribution in [0.25, 0.3) is 0 Å². The standard InChI is InChI=1S/C12H12F2O3/c1-2-17-12(16)6-3-7-8(4-6)11(14)10(15)5-9(7)13/h5-6,15H,2-4H2,1H3. The number of fused-ring (bicyclic) bond motifs is 1. The molecule has 0 bridgehead atoms. The quantitative estimate of drug-likeness (QED) is 0.806. The molecule has 3 nitrogen and oxygen atoms in total. The summed E-state index contributed by atoms with van der Waals surface area (Å²) in [4.78, 5) is 11.5. The van der Waals surface area contributed by atoms with Crippen molar-refractivity contribution >= 4 is 5.97 Å². The van der Waals surface area contributed by atoms with Gasteiger partial charge in [0, 0.05) is 6.07 Å². The Balaban J connectivity index is 2.30. The van der Waals surface area contributed by atoms with Gasteiger partial charge in [-0.1, -0.05) is 0 Å². The smallest absolute Gasteiger partial charge is 0.309 e. The van der Waals surface area contributed by atoms with E-state index in [4.69, 9.17) is 9.84 Å². The van der Waals surface area contributed by atoms with Gasteiger partial charge in [0.2, 0.25) is 0 Å².